The summed E-state index contributed by atoms with van der Waals surface area (Å²) < 4.78 is 27.7. The van der Waals surface area contributed by atoms with Crippen LogP contribution in [0.25, 0.3) is 0 Å². The highest BCUT2D eigenvalue weighted by Gasteiger charge is 2.15. The average Bonchev–Trinajstić information content (AvgIpc) is 2.39. The van der Waals surface area contributed by atoms with Crippen LogP contribution in [-0.2, 0) is 0 Å². The zero-order valence-corrected chi connectivity index (χ0v) is 13.0. The molecule has 3 N–H and O–H groups in total. The number of carbonyl (C=O) groups excluding carboxylic acids is 1. The summed E-state index contributed by atoms with van der Waals surface area (Å²) in [7, 11) is 0. The van der Waals surface area contributed by atoms with Crippen molar-refractivity contribution in [3.05, 3.63) is 57.1 Å². The first-order valence-electron chi connectivity index (χ1n) is 6.12. The molecular formula is C15H13BrF2N2O. The molecule has 0 atom stereocenters. The van der Waals surface area contributed by atoms with Crippen LogP contribution in [0, 0.1) is 25.5 Å². The molecule has 0 saturated carbocycles. The second-order valence-corrected chi connectivity index (χ2v) is 5.64. The van der Waals surface area contributed by atoms with Crippen LogP contribution in [0.1, 0.15) is 21.5 Å². The predicted octanol–water partition coefficient (Wildman–Crippen LogP) is 4.18. The molecule has 2 rings (SSSR count). The quantitative estimate of drug-likeness (QED) is 0.794. The van der Waals surface area contributed by atoms with E-state index in [9.17, 15) is 13.6 Å². The third-order valence-electron chi connectivity index (χ3n) is 3.08. The Bertz CT molecular complexity index is 686. The lowest BCUT2D eigenvalue weighted by Gasteiger charge is -2.13. The number of amides is 1. The maximum Gasteiger partial charge on any atom is 0.255 e. The van der Waals surface area contributed by atoms with Gasteiger partial charge in [-0.2, -0.15) is 0 Å². The van der Waals surface area contributed by atoms with E-state index in [-0.39, 0.29) is 5.56 Å². The number of hydrogen-bond acceptors (Lipinski definition) is 2. The van der Waals surface area contributed by atoms with Gasteiger partial charge in [0.2, 0.25) is 0 Å². The minimum Gasteiger partial charge on any atom is -0.394 e. The molecule has 0 bridgehead atoms. The molecule has 0 spiro atoms. The van der Waals surface area contributed by atoms with Gasteiger partial charge in [0.05, 0.1) is 0 Å². The number of rotatable bonds is 2. The molecule has 0 saturated heterocycles. The van der Waals surface area contributed by atoms with Crippen molar-refractivity contribution in [2.75, 3.05) is 11.1 Å². The van der Waals surface area contributed by atoms with Crippen molar-refractivity contribution in [3.8, 4) is 0 Å². The van der Waals surface area contributed by atoms with Crippen molar-refractivity contribution in [1.29, 1.82) is 0 Å². The lowest BCUT2D eigenvalue weighted by Crippen LogP contribution is -2.15. The van der Waals surface area contributed by atoms with Gasteiger partial charge in [0.25, 0.3) is 5.91 Å². The SMILES string of the molecule is Cc1cc(Br)cc(C)c1NC(=O)c1cc(F)c(N)c(F)c1. The van der Waals surface area contributed by atoms with Gasteiger partial charge in [0.1, 0.15) is 17.3 Å². The van der Waals surface area contributed by atoms with Gasteiger partial charge >= 0.3 is 0 Å². The van der Waals surface area contributed by atoms with E-state index in [1.807, 2.05) is 26.0 Å². The molecule has 0 unspecified atom stereocenters. The molecule has 2 aromatic rings. The summed E-state index contributed by atoms with van der Waals surface area (Å²) in [5.74, 6) is -2.50. The van der Waals surface area contributed by atoms with Gasteiger partial charge in [0.15, 0.2) is 0 Å². The van der Waals surface area contributed by atoms with Gasteiger partial charge in [-0.25, -0.2) is 8.78 Å². The highest BCUT2D eigenvalue weighted by molar-refractivity contribution is 9.10. The molecule has 0 radical (unpaired) electrons. The van der Waals surface area contributed by atoms with E-state index in [0.717, 1.165) is 27.7 Å². The third-order valence-corrected chi connectivity index (χ3v) is 3.54. The number of carbonyl (C=O) groups is 1. The molecule has 0 heterocycles. The van der Waals surface area contributed by atoms with Crippen molar-refractivity contribution in [1.82, 2.24) is 0 Å². The van der Waals surface area contributed by atoms with Gasteiger partial charge in [-0.05, 0) is 49.2 Å². The Morgan fingerprint density at radius 2 is 1.57 bits per heavy atom. The summed E-state index contributed by atoms with van der Waals surface area (Å²) in [6, 6.07) is 5.51. The Morgan fingerprint density at radius 3 is 2.05 bits per heavy atom. The largest absolute Gasteiger partial charge is 0.394 e. The van der Waals surface area contributed by atoms with E-state index in [1.165, 1.54) is 0 Å². The Labute approximate surface area is 129 Å². The second-order valence-electron chi connectivity index (χ2n) is 4.72. The monoisotopic (exact) mass is 354 g/mol. The minimum atomic E-state index is -0.954. The molecule has 0 fully saturated rings. The van der Waals surface area contributed by atoms with Gasteiger partial charge < -0.3 is 11.1 Å². The summed E-state index contributed by atoms with van der Waals surface area (Å²) in [6.07, 6.45) is 0. The van der Waals surface area contributed by atoms with Crippen molar-refractivity contribution >= 4 is 33.2 Å². The van der Waals surface area contributed by atoms with Crippen LogP contribution in [0.3, 0.4) is 0 Å². The molecule has 6 heteroatoms. The first-order chi connectivity index (χ1) is 9.79. The predicted molar refractivity (Wildman–Crippen MR) is 82.3 cm³/mol. The summed E-state index contributed by atoms with van der Waals surface area (Å²) in [5.41, 5.74) is 6.75. The number of nitrogen functional groups attached to an aromatic ring is 1. The Morgan fingerprint density at radius 1 is 1.10 bits per heavy atom. The van der Waals surface area contributed by atoms with Crippen LogP contribution in [0.15, 0.2) is 28.7 Å². The molecule has 2 aromatic carbocycles. The molecule has 21 heavy (non-hydrogen) atoms. The fraction of sp³-hybridized carbons (Fsp3) is 0.133. The second kappa shape index (κ2) is 5.81. The number of nitrogens with two attached hydrogens (primary N) is 1. The maximum absolute atomic E-state index is 13.4. The molecule has 0 aromatic heterocycles. The molecule has 1 amide bonds. The van der Waals surface area contributed by atoms with Gasteiger partial charge in [0, 0.05) is 15.7 Å². The molecule has 0 aliphatic carbocycles. The molecular weight excluding hydrogens is 342 g/mol. The number of anilines is 2. The van der Waals surface area contributed by atoms with Crippen LogP contribution in [0.5, 0.6) is 0 Å². The van der Waals surface area contributed by atoms with Crippen LogP contribution in [-0.4, -0.2) is 5.91 Å². The lowest BCUT2D eigenvalue weighted by molar-refractivity contribution is 0.102. The first-order valence-corrected chi connectivity index (χ1v) is 6.91. The van der Waals surface area contributed by atoms with Crippen LogP contribution in [0.4, 0.5) is 20.2 Å². The molecule has 3 nitrogen and oxygen atoms in total. The molecule has 110 valence electrons. The standard InChI is InChI=1S/C15H13BrF2N2O/c1-7-3-10(16)4-8(2)14(7)20-15(21)9-5-11(17)13(19)12(18)6-9/h3-6H,19H2,1-2H3,(H,20,21). The number of halogens is 3. The van der Waals surface area contributed by atoms with E-state index < -0.39 is 23.2 Å². The summed E-state index contributed by atoms with van der Waals surface area (Å²) >= 11 is 3.36. The van der Waals surface area contributed by atoms with Crippen molar-refractivity contribution in [3.63, 3.8) is 0 Å². The van der Waals surface area contributed by atoms with E-state index in [4.69, 9.17) is 5.73 Å². The number of nitrogens with one attached hydrogen (secondary N) is 1. The molecule has 0 aliphatic heterocycles. The Hall–Kier alpha value is -1.95. The highest BCUT2D eigenvalue weighted by Crippen LogP contribution is 2.26. The fourth-order valence-corrected chi connectivity index (χ4v) is 2.70. The zero-order valence-electron chi connectivity index (χ0n) is 11.4. The van der Waals surface area contributed by atoms with E-state index >= 15 is 0 Å². The van der Waals surface area contributed by atoms with Gasteiger partial charge in [-0.15, -0.1) is 0 Å². The van der Waals surface area contributed by atoms with Gasteiger partial charge in [-0.1, -0.05) is 15.9 Å². The highest BCUT2D eigenvalue weighted by atomic mass is 79.9. The third kappa shape index (κ3) is 3.21. The first kappa shape index (κ1) is 15.4. The minimum absolute atomic E-state index is 0.124. The number of hydrogen-bond donors (Lipinski definition) is 2. The number of aryl methyl sites for hydroxylation is 2. The Kier molecular flexibility index (Phi) is 4.27. The summed E-state index contributed by atoms with van der Waals surface area (Å²) in [6.45, 7) is 3.66. The Balaban J connectivity index is 2.35. The number of benzene rings is 2. The fourth-order valence-electron chi connectivity index (χ4n) is 2.01. The van der Waals surface area contributed by atoms with Gasteiger partial charge in [-0.3, -0.25) is 4.79 Å². The van der Waals surface area contributed by atoms with Crippen LogP contribution < -0.4 is 11.1 Å². The normalized spacial score (nSPS) is 10.5. The maximum atomic E-state index is 13.4. The average molecular weight is 355 g/mol. The summed E-state index contributed by atoms with van der Waals surface area (Å²) in [4.78, 5) is 12.1. The van der Waals surface area contributed by atoms with Crippen LogP contribution in [0.2, 0.25) is 0 Å². The zero-order chi connectivity index (χ0) is 15.7. The van der Waals surface area contributed by atoms with Crippen molar-refractivity contribution in [2.24, 2.45) is 0 Å². The topological polar surface area (TPSA) is 55.1 Å². The van der Waals surface area contributed by atoms with Crippen molar-refractivity contribution < 1.29 is 13.6 Å². The molecule has 0 aliphatic rings. The summed E-state index contributed by atoms with van der Waals surface area (Å²) in [5, 5.41) is 2.66. The smallest absolute Gasteiger partial charge is 0.255 e. The van der Waals surface area contributed by atoms with Crippen molar-refractivity contribution in [2.45, 2.75) is 13.8 Å². The lowest BCUT2D eigenvalue weighted by atomic mass is 10.1. The van der Waals surface area contributed by atoms with Crippen LogP contribution >= 0.6 is 15.9 Å². The van der Waals surface area contributed by atoms with E-state index in [0.29, 0.717) is 5.69 Å². The van der Waals surface area contributed by atoms with E-state index in [2.05, 4.69) is 21.2 Å². The van der Waals surface area contributed by atoms with E-state index in [1.54, 1.807) is 0 Å².